The number of hydrogen-bond donors (Lipinski definition) is 2. The molecule has 2 aromatic carbocycles. The van der Waals surface area contributed by atoms with E-state index >= 15 is 0 Å². The zero-order chi connectivity index (χ0) is 20.5. The Morgan fingerprint density at radius 3 is 2.25 bits per heavy atom. The molecule has 0 aromatic heterocycles. The molecule has 0 fully saturated rings. The van der Waals surface area contributed by atoms with Gasteiger partial charge in [-0.2, -0.15) is 0 Å². The van der Waals surface area contributed by atoms with Gasteiger partial charge in [0.05, 0.1) is 12.7 Å². The third kappa shape index (κ3) is 6.82. The van der Waals surface area contributed by atoms with Crippen molar-refractivity contribution in [1.82, 2.24) is 10.6 Å². The molecule has 5 heteroatoms. The van der Waals surface area contributed by atoms with Crippen molar-refractivity contribution in [2.45, 2.75) is 53.0 Å². The molecule has 150 valence electrons. The van der Waals surface area contributed by atoms with Gasteiger partial charge in [-0.1, -0.05) is 56.3 Å². The van der Waals surface area contributed by atoms with Gasteiger partial charge in [0.2, 0.25) is 5.91 Å². The first-order valence-electron chi connectivity index (χ1n) is 9.70. The SMILES string of the molecule is CC(C)OCc1cccc(CNC(=O)C(NC(=O)c2ccccc2)C(C)C)c1. The van der Waals surface area contributed by atoms with Crippen LogP contribution in [0.1, 0.15) is 49.2 Å². The van der Waals surface area contributed by atoms with E-state index in [9.17, 15) is 9.59 Å². The van der Waals surface area contributed by atoms with Crippen LogP contribution in [0.25, 0.3) is 0 Å². The van der Waals surface area contributed by atoms with Gasteiger partial charge in [0.1, 0.15) is 6.04 Å². The lowest BCUT2D eigenvalue weighted by molar-refractivity contribution is -0.124. The van der Waals surface area contributed by atoms with Gasteiger partial charge in [0.25, 0.3) is 5.91 Å². The molecule has 5 nitrogen and oxygen atoms in total. The van der Waals surface area contributed by atoms with Crippen molar-refractivity contribution in [1.29, 1.82) is 0 Å². The fourth-order valence-electron chi connectivity index (χ4n) is 2.74. The Labute approximate surface area is 167 Å². The van der Waals surface area contributed by atoms with E-state index < -0.39 is 6.04 Å². The van der Waals surface area contributed by atoms with Crippen molar-refractivity contribution in [2.24, 2.45) is 5.92 Å². The monoisotopic (exact) mass is 382 g/mol. The minimum Gasteiger partial charge on any atom is -0.374 e. The van der Waals surface area contributed by atoms with Crippen LogP contribution in [-0.4, -0.2) is 24.0 Å². The fraction of sp³-hybridized carbons (Fsp3) is 0.391. The summed E-state index contributed by atoms with van der Waals surface area (Å²) in [6.07, 6.45) is 0.170. The van der Waals surface area contributed by atoms with E-state index in [1.807, 2.05) is 58.0 Å². The number of benzene rings is 2. The molecule has 2 amide bonds. The number of rotatable bonds is 9. The van der Waals surface area contributed by atoms with E-state index in [0.717, 1.165) is 11.1 Å². The fourth-order valence-corrected chi connectivity index (χ4v) is 2.74. The van der Waals surface area contributed by atoms with E-state index in [4.69, 9.17) is 4.74 Å². The van der Waals surface area contributed by atoms with Crippen LogP contribution in [0, 0.1) is 5.92 Å². The molecule has 0 bridgehead atoms. The van der Waals surface area contributed by atoms with Crippen LogP contribution < -0.4 is 10.6 Å². The Bertz CT molecular complexity index is 772. The summed E-state index contributed by atoms with van der Waals surface area (Å²) >= 11 is 0. The van der Waals surface area contributed by atoms with Gasteiger partial charge < -0.3 is 15.4 Å². The van der Waals surface area contributed by atoms with Gasteiger partial charge in [-0.05, 0) is 43.0 Å². The molecule has 0 saturated carbocycles. The lowest BCUT2D eigenvalue weighted by Crippen LogP contribution is -2.49. The highest BCUT2D eigenvalue weighted by molar-refractivity contribution is 5.97. The third-order valence-corrected chi connectivity index (χ3v) is 4.31. The van der Waals surface area contributed by atoms with Crippen LogP contribution in [0.2, 0.25) is 0 Å². The van der Waals surface area contributed by atoms with Crippen LogP contribution in [0.15, 0.2) is 54.6 Å². The Balaban J connectivity index is 1.95. The number of ether oxygens (including phenoxy) is 1. The van der Waals surface area contributed by atoms with Gasteiger partial charge in [0.15, 0.2) is 0 Å². The van der Waals surface area contributed by atoms with Gasteiger partial charge in [-0.25, -0.2) is 0 Å². The highest BCUT2D eigenvalue weighted by atomic mass is 16.5. The van der Waals surface area contributed by atoms with E-state index in [1.54, 1.807) is 24.3 Å². The van der Waals surface area contributed by atoms with Gasteiger partial charge in [0, 0.05) is 12.1 Å². The zero-order valence-electron chi connectivity index (χ0n) is 17.1. The van der Waals surface area contributed by atoms with E-state index in [-0.39, 0.29) is 23.8 Å². The van der Waals surface area contributed by atoms with Crippen LogP contribution in [0.3, 0.4) is 0 Å². The zero-order valence-corrected chi connectivity index (χ0v) is 17.1. The molecule has 0 aliphatic carbocycles. The molecule has 2 aromatic rings. The molecule has 0 spiro atoms. The minimum atomic E-state index is -0.597. The van der Waals surface area contributed by atoms with Crippen LogP contribution >= 0.6 is 0 Å². The first-order chi connectivity index (χ1) is 13.4. The summed E-state index contributed by atoms with van der Waals surface area (Å²) in [5.41, 5.74) is 2.60. The maximum Gasteiger partial charge on any atom is 0.251 e. The topological polar surface area (TPSA) is 67.4 Å². The van der Waals surface area contributed by atoms with Gasteiger partial charge in [-0.15, -0.1) is 0 Å². The van der Waals surface area contributed by atoms with Crippen molar-refractivity contribution in [3.8, 4) is 0 Å². The number of hydrogen-bond acceptors (Lipinski definition) is 3. The molecule has 2 rings (SSSR count). The number of carbonyl (C=O) groups is 2. The quantitative estimate of drug-likeness (QED) is 0.695. The summed E-state index contributed by atoms with van der Waals surface area (Å²) in [6, 6.07) is 16.3. The molecule has 1 atom stereocenters. The molecule has 0 aliphatic heterocycles. The molecule has 2 N–H and O–H groups in total. The third-order valence-electron chi connectivity index (χ3n) is 4.31. The molecule has 0 aliphatic rings. The second-order valence-electron chi connectivity index (χ2n) is 7.46. The molecule has 0 saturated heterocycles. The highest BCUT2D eigenvalue weighted by Crippen LogP contribution is 2.09. The van der Waals surface area contributed by atoms with Gasteiger partial charge >= 0.3 is 0 Å². The standard InChI is InChI=1S/C23H30N2O3/c1-16(2)21(25-22(26)20-11-6-5-7-12-20)23(27)24-14-18-9-8-10-19(13-18)15-28-17(3)4/h5-13,16-17,21H,14-15H2,1-4H3,(H,24,27)(H,25,26). The molecular weight excluding hydrogens is 352 g/mol. The predicted molar refractivity (Wildman–Crippen MR) is 111 cm³/mol. The average Bonchev–Trinajstić information content (AvgIpc) is 2.69. The molecule has 0 radical (unpaired) electrons. The number of carbonyl (C=O) groups excluding carboxylic acids is 2. The lowest BCUT2D eigenvalue weighted by atomic mass is 10.0. The summed E-state index contributed by atoms with van der Waals surface area (Å²) in [6.45, 7) is 8.78. The first kappa shape index (κ1) is 21.6. The van der Waals surface area contributed by atoms with Gasteiger partial charge in [-0.3, -0.25) is 9.59 Å². The van der Waals surface area contributed by atoms with Crippen molar-refractivity contribution >= 4 is 11.8 Å². The number of amides is 2. The molecule has 1 unspecified atom stereocenters. The van der Waals surface area contributed by atoms with Crippen LogP contribution in [0.4, 0.5) is 0 Å². The summed E-state index contributed by atoms with van der Waals surface area (Å²) < 4.78 is 5.63. The number of nitrogens with one attached hydrogen (secondary N) is 2. The minimum absolute atomic E-state index is 0.0292. The second-order valence-corrected chi connectivity index (χ2v) is 7.46. The summed E-state index contributed by atoms with van der Waals surface area (Å²) in [5.74, 6) is -0.469. The van der Waals surface area contributed by atoms with Crippen LogP contribution in [-0.2, 0) is 22.7 Å². The predicted octanol–water partition coefficient (Wildman–Crippen LogP) is 3.68. The second kappa shape index (κ2) is 10.6. The molecule has 28 heavy (non-hydrogen) atoms. The molecule has 0 heterocycles. The normalized spacial score (nSPS) is 12.1. The van der Waals surface area contributed by atoms with E-state index in [0.29, 0.717) is 18.7 Å². The van der Waals surface area contributed by atoms with E-state index in [1.165, 1.54) is 0 Å². The van der Waals surface area contributed by atoms with Crippen LogP contribution in [0.5, 0.6) is 0 Å². The van der Waals surface area contributed by atoms with Crippen molar-refractivity contribution in [3.63, 3.8) is 0 Å². The summed E-state index contributed by atoms with van der Waals surface area (Å²) in [5, 5.41) is 5.78. The van der Waals surface area contributed by atoms with Crippen molar-refractivity contribution in [2.75, 3.05) is 0 Å². The largest absolute Gasteiger partial charge is 0.374 e. The first-order valence-corrected chi connectivity index (χ1v) is 9.70. The Morgan fingerprint density at radius 1 is 0.929 bits per heavy atom. The average molecular weight is 383 g/mol. The maximum absolute atomic E-state index is 12.7. The Morgan fingerprint density at radius 2 is 1.61 bits per heavy atom. The molecular formula is C23H30N2O3. The van der Waals surface area contributed by atoms with Crippen molar-refractivity contribution < 1.29 is 14.3 Å². The summed E-state index contributed by atoms with van der Waals surface area (Å²) in [4.78, 5) is 25.1. The maximum atomic E-state index is 12.7. The smallest absolute Gasteiger partial charge is 0.251 e. The van der Waals surface area contributed by atoms with Crippen molar-refractivity contribution in [3.05, 3.63) is 71.3 Å². The summed E-state index contributed by atoms with van der Waals surface area (Å²) in [7, 11) is 0. The Kier molecular flexibility index (Phi) is 8.20. The Hall–Kier alpha value is -2.66. The highest BCUT2D eigenvalue weighted by Gasteiger charge is 2.24. The lowest BCUT2D eigenvalue weighted by Gasteiger charge is -2.22. The van der Waals surface area contributed by atoms with E-state index in [2.05, 4.69) is 10.6 Å².